The third-order valence-electron chi connectivity index (χ3n) is 2.87. The number of hydrogen-bond acceptors (Lipinski definition) is 5. The first-order chi connectivity index (χ1) is 9.01. The highest BCUT2D eigenvalue weighted by Gasteiger charge is 2.13. The molecule has 0 amide bonds. The van der Waals surface area contributed by atoms with Crippen LogP contribution in [0.1, 0.15) is 12.0 Å². The fourth-order valence-corrected chi connectivity index (χ4v) is 1.78. The van der Waals surface area contributed by atoms with E-state index in [1.165, 1.54) is 0 Å². The summed E-state index contributed by atoms with van der Waals surface area (Å²) in [6, 6.07) is 2.80. The van der Waals surface area contributed by atoms with Gasteiger partial charge >= 0.3 is 5.97 Å². The number of carbonyl (C=O) groups is 1. The summed E-state index contributed by atoms with van der Waals surface area (Å²) in [4.78, 5) is 10.6. The van der Waals surface area contributed by atoms with Gasteiger partial charge in [-0.2, -0.15) is 0 Å². The molecule has 0 bridgehead atoms. The van der Waals surface area contributed by atoms with Crippen molar-refractivity contribution in [3.05, 3.63) is 17.7 Å². The highest BCUT2D eigenvalue weighted by atomic mass is 16.5. The van der Waals surface area contributed by atoms with E-state index in [4.69, 9.17) is 20.3 Å². The fourth-order valence-electron chi connectivity index (χ4n) is 1.78. The Balaban J connectivity index is 2.73. The monoisotopic (exact) mass is 268 g/mol. The molecule has 6 heteroatoms. The van der Waals surface area contributed by atoms with E-state index in [2.05, 4.69) is 5.32 Å². The third kappa shape index (κ3) is 3.75. The van der Waals surface area contributed by atoms with E-state index in [9.17, 15) is 4.79 Å². The van der Waals surface area contributed by atoms with E-state index >= 15 is 0 Å². The first-order valence-corrected chi connectivity index (χ1v) is 5.95. The Morgan fingerprint density at radius 1 is 1.42 bits per heavy atom. The molecule has 0 saturated carbocycles. The van der Waals surface area contributed by atoms with Crippen LogP contribution in [0.2, 0.25) is 0 Å². The molecule has 1 atom stereocenters. The number of hydrogen-bond donors (Lipinski definition) is 3. The van der Waals surface area contributed by atoms with Crippen LogP contribution in [0.5, 0.6) is 11.5 Å². The number of benzene rings is 1. The van der Waals surface area contributed by atoms with Gasteiger partial charge in [-0.1, -0.05) is 0 Å². The van der Waals surface area contributed by atoms with Crippen molar-refractivity contribution in [2.75, 3.05) is 26.1 Å². The first kappa shape index (κ1) is 15.1. The zero-order valence-corrected chi connectivity index (χ0v) is 11.4. The van der Waals surface area contributed by atoms with Crippen molar-refractivity contribution < 1.29 is 19.4 Å². The molecular formula is C13H20N2O4. The predicted molar refractivity (Wildman–Crippen MR) is 73.0 cm³/mol. The SMILES string of the molecule is COc1ccc(NCCC(N)C(=O)O)c(OC)c1C. The Labute approximate surface area is 112 Å². The molecule has 6 nitrogen and oxygen atoms in total. The number of carboxylic acid groups (broad SMARTS) is 1. The molecule has 1 unspecified atom stereocenters. The lowest BCUT2D eigenvalue weighted by Gasteiger charge is -2.16. The Hall–Kier alpha value is -1.95. The number of rotatable bonds is 7. The van der Waals surface area contributed by atoms with Gasteiger partial charge in [0.1, 0.15) is 17.5 Å². The molecule has 4 N–H and O–H groups in total. The van der Waals surface area contributed by atoms with Crippen molar-refractivity contribution in [1.29, 1.82) is 0 Å². The average molecular weight is 268 g/mol. The zero-order chi connectivity index (χ0) is 14.4. The van der Waals surface area contributed by atoms with Crippen LogP contribution < -0.4 is 20.5 Å². The molecule has 0 saturated heterocycles. The lowest BCUT2D eigenvalue weighted by atomic mass is 10.1. The van der Waals surface area contributed by atoms with Crippen LogP contribution in [0.25, 0.3) is 0 Å². The van der Waals surface area contributed by atoms with E-state index in [1.54, 1.807) is 14.2 Å². The minimum atomic E-state index is -1.00. The van der Waals surface area contributed by atoms with Crippen LogP contribution in [-0.2, 0) is 4.79 Å². The Kier molecular flexibility index (Phi) is 5.44. The second kappa shape index (κ2) is 6.84. The van der Waals surface area contributed by atoms with Crippen molar-refractivity contribution in [2.45, 2.75) is 19.4 Å². The van der Waals surface area contributed by atoms with Gasteiger partial charge in [-0.05, 0) is 25.5 Å². The quantitative estimate of drug-likeness (QED) is 0.688. The van der Waals surface area contributed by atoms with Crippen LogP contribution in [0, 0.1) is 6.92 Å². The van der Waals surface area contributed by atoms with Crippen LogP contribution in [0.3, 0.4) is 0 Å². The minimum absolute atomic E-state index is 0.337. The van der Waals surface area contributed by atoms with Crippen molar-refractivity contribution in [2.24, 2.45) is 5.73 Å². The summed E-state index contributed by atoms with van der Waals surface area (Å²) >= 11 is 0. The lowest BCUT2D eigenvalue weighted by Crippen LogP contribution is -2.32. The molecule has 106 valence electrons. The molecule has 0 heterocycles. The summed E-state index contributed by atoms with van der Waals surface area (Å²) in [7, 11) is 3.18. The Bertz CT molecular complexity index is 449. The van der Waals surface area contributed by atoms with Gasteiger partial charge < -0.3 is 25.6 Å². The highest BCUT2D eigenvalue weighted by Crippen LogP contribution is 2.34. The van der Waals surface area contributed by atoms with Gasteiger partial charge in [0.2, 0.25) is 0 Å². The van der Waals surface area contributed by atoms with E-state index < -0.39 is 12.0 Å². The van der Waals surface area contributed by atoms with Crippen molar-refractivity contribution in [3.8, 4) is 11.5 Å². The molecule has 0 aliphatic heterocycles. The summed E-state index contributed by atoms with van der Waals surface area (Å²) in [6.45, 7) is 2.35. The van der Waals surface area contributed by atoms with E-state index in [-0.39, 0.29) is 0 Å². The summed E-state index contributed by atoms with van der Waals surface area (Å²) in [5.41, 5.74) is 7.11. The van der Waals surface area contributed by atoms with E-state index in [1.807, 2.05) is 19.1 Å². The molecule has 0 aliphatic rings. The standard InChI is InChI=1S/C13H20N2O4/c1-8-11(18-2)5-4-10(12(8)19-3)15-7-6-9(14)13(16)17/h4-5,9,15H,6-7,14H2,1-3H3,(H,16,17). The Morgan fingerprint density at radius 2 is 2.11 bits per heavy atom. The van der Waals surface area contributed by atoms with Crippen LogP contribution >= 0.6 is 0 Å². The number of nitrogens with one attached hydrogen (secondary N) is 1. The molecule has 0 aromatic heterocycles. The zero-order valence-electron chi connectivity index (χ0n) is 11.4. The number of aliphatic carboxylic acids is 1. The summed E-state index contributed by atoms with van der Waals surface area (Å²) in [6.07, 6.45) is 0.337. The molecule has 1 aromatic rings. The highest BCUT2D eigenvalue weighted by molar-refractivity contribution is 5.73. The smallest absolute Gasteiger partial charge is 0.320 e. The average Bonchev–Trinajstić information content (AvgIpc) is 2.38. The number of methoxy groups -OCH3 is 2. The van der Waals surface area contributed by atoms with Crippen LogP contribution in [0.4, 0.5) is 5.69 Å². The maximum absolute atomic E-state index is 10.6. The van der Waals surface area contributed by atoms with Crippen LogP contribution in [-0.4, -0.2) is 37.9 Å². The fraction of sp³-hybridized carbons (Fsp3) is 0.462. The Morgan fingerprint density at radius 3 is 2.63 bits per heavy atom. The topological polar surface area (TPSA) is 93.8 Å². The summed E-state index contributed by atoms with van der Waals surface area (Å²) in [5.74, 6) is 0.424. The van der Waals surface area contributed by atoms with Gasteiger partial charge in [0.15, 0.2) is 0 Å². The second-order valence-corrected chi connectivity index (χ2v) is 4.13. The minimum Gasteiger partial charge on any atom is -0.496 e. The second-order valence-electron chi connectivity index (χ2n) is 4.13. The maximum Gasteiger partial charge on any atom is 0.320 e. The first-order valence-electron chi connectivity index (χ1n) is 5.95. The lowest BCUT2D eigenvalue weighted by molar-refractivity contribution is -0.138. The molecule has 0 aliphatic carbocycles. The predicted octanol–water partition coefficient (Wildman–Crippen LogP) is 1.23. The van der Waals surface area contributed by atoms with Crippen molar-refractivity contribution in [1.82, 2.24) is 0 Å². The van der Waals surface area contributed by atoms with E-state index in [0.717, 1.165) is 17.0 Å². The number of ether oxygens (including phenoxy) is 2. The normalized spacial score (nSPS) is 11.8. The van der Waals surface area contributed by atoms with Gasteiger partial charge in [-0.15, -0.1) is 0 Å². The van der Waals surface area contributed by atoms with Gasteiger partial charge in [0.05, 0.1) is 19.9 Å². The van der Waals surface area contributed by atoms with Crippen molar-refractivity contribution >= 4 is 11.7 Å². The molecule has 0 radical (unpaired) electrons. The molecule has 0 fully saturated rings. The molecule has 1 rings (SSSR count). The molecular weight excluding hydrogens is 248 g/mol. The number of nitrogens with two attached hydrogens (primary N) is 1. The molecule has 0 spiro atoms. The third-order valence-corrected chi connectivity index (χ3v) is 2.87. The van der Waals surface area contributed by atoms with Gasteiger partial charge in [-0.25, -0.2) is 0 Å². The van der Waals surface area contributed by atoms with Crippen LogP contribution in [0.15, 0.2) is 12.1 Å². The maximum atomic E-state index is 10.6. The van der Waals surface area contributed by atoms with E-state index in [0.29, 0.717) is 18.7 Å². The number of anilines is 1. The van der Waals surface area contributed by atoms with Gasteiger partial charge in [0.25, 0.3) is 0 Å². The summed E-state index contributed by atoms with van der Waals surface area (Å²) < 4.78 is 10.5. The number of carboxylic acids is 1. The molecule has 19 heavy (non-hydrogen) atoms. The van der Waals surface area contributed by atoms with Gasteiger partial charge in [-0.3, -0.25) is 4.79 Å². The largest absolute Gasteiger partial charge is 0.496 e. The molecule has 1 aromatic carbocycles. The van der Waals surface area contributed by atoms with Crippen molar-refractivity contribution in [3.63, 3.8) is 0 Å². The van der Waals surface area contributed by atoms with Gasteiger partial charge in [0, 0.05) is 12.1 Å². The summed E-state index contributed by atoms with van der Waals surface area (Å²) in [5, 5.41) is 11.8.